The Labute approximate surface area is 171 Å². The standard InChI is InChI=1S/C20H18N4O4S/c1-13-4-2-3-5-15(13)24-9-8-21-20(24)29-11-18(25)23-19(26)22-14-6-7-16-17(10-14)28-12-27-16/h2-10H,11-12H2,1H3,(H2,22,23,25,26). The first kappa shape index (κ1) is 18.9. The number of benzene rings is 2. The van der Waals surface area contributed by atoms with E-state index in [1.54, 1.807) is 24.4 Å². The summed E-state index contributed by atoms with van der Waals surface area (Å²) in [6.07, 6.45) is 3.52. The molecule has 0 spiro atoms. The Kier molecular flexibility index (Phi) is 5.39. The van der Waals surface area contributed by atoms with Gasteiger partial charge in [-0.2, -0.15) is 0 Å². The summed E-state index contributed by atoms with van der Waals surface area (Å²) in [6, 6.07) is 12.3. The molecule has 2 aromatic carbocycles. The summed E-state index contributed by atoms with van der Waals surface area (Å²) in [7, 11) is 0. The molecule has 3 aromatic rings. The number of rotatable bonds is 5. The first-order chi connectivity index (χ1) is 14.1. The number of carbonyl (C=O) groups is 2. The summed E-state index contributed by atoms with van der Waals surface area (Å²) in [4.78, 5) is 28.5. The molecule has 1 aliphatic rings. The minimum Gasteiger partial charge on any atom is -0.454 e. The summed E-state index contributed by atoms with van der Waals surface area (Å²) < 4.78 is 12.4. The van der Waals surface area contributed by atoms with Gasteiger partial charge in [0.05, 0.1) is 11.4 Å². The van der Waals surface area contributed by atoms with Crippen LogP contribution in [-0.4, -0.2) is 34.0 Å². The number of aromatic nitrogens is 2. The molecule has 0 radical (unpaired) electrons. The van der Waals surface area contributed by atoms with Crippen molar-refractivity contribution in [2.75, 3.05) is 17.9 Å². The van der Waals surface area contributed by atoms with Crippen LogP contribution >= 0.6 is 11.8 Å². The van der Waals surface area contributed by atoms with E-state index in [1.807, 2.05) is 42.0 Å². The quantitative estimate of drug-likeness (QED) is 0.627. The lowest BCUT2D eigenvalue weighted by Gasteiger charge is -2.10. The highest BCUT2D eigenvalue weighted by atomic mass is 32.2. The number of para-hydroxylation sites is 1. The van der Waals surface area contributed by atoms with E-state index < -0.39 is 11.9 Å². The van der Waals surface area contributed by atoms with Crippen LogP contribution in [0.4, 0.5) is 10.5 Å². The highest BCUT2D eigenvalue weighted by molar-refractivity contribution is 7.99. The Bertz CT molecular complexity index is 1070. The number of urea groups is 1. The van der Waals surface area contributed by atoms with E-state index in [1.165, 1.54) is 11.8 Å². The van der Waals surface area contributed by atoms with Crippen LogP contribution in [0.5, 0.6) is 11.5 Å². The van der Waals surface area contributed by atoms with Crippen molar-refractivity contribution in [1.82, 2.24) is 14.9 Å². The van der Waals surface area contributed by atoms with Gasteiger partial charge in [-0.3, -0.25) is 14.7 Å². The molecular formula is C20H18N4O4S. The Morgan fingerprint density at radius 2 is 2.00 bits per heavy atom. The lowest BCUT2D eigenvalue weighted by Crippen LogP contribution is -2.35. The van der Waals surface area contributed by atoms with E-state index >= 15 is 0 Å². The number of nitrogens with one attached hydrogen (secondary N) is 2. The molecule has 1 aromatic heterocycles. The van der Waals surface area contributed by atoms with E-state index in [4.69, 9.17) is 9.47 Å². The second kappa shape index (κ2) is 8.27. The zero-order valence-electron chi connectivity index (χ0n) is 15.5. The fourth-order valence-corrected chi connectivity index (χ4v) is 3.61. The largest absolute Gasteiger partial charge is 0.454 e. The van der Waals surface area contributed by atoms with Crippen LogP contribution in [0.3, 0.4) is 0 Å². The van der Waals surface area contributed by atoms with E-state index in [0.29, 0.717) is 22.3 Å². The smallest absolute Gasteiger partial charge is 0.325 e. The predicted molar refractivity (Wildman–Crippen MR) is 109 cm³/mol. The number of ether oxygens (including phenoxy) is 2. The van der Waals surface area contributed by atoms with Crippen LogP contribution in [0.25, 0.3) is 5.69 Å². The van der Waals surface area contributed by atoms with E-state index in [0.717, 1.165) is 11.3 Å². The predicted octanol–water partition coefficient (Wildman–Crippen LogP) is 3.35. The van der Waals surface area contributed by atoms with Gasteiger partial charge in [-0.25, -0.2) is 9.78 Å². The number of thioether (sulfide) groups is 1. The van der Waals surface area contributed by atoms with E-state index in [9.17, 15) is 9.59 Å². The molecule has 0 saturated carbocycles. The number of nitrogens with zero attached hydrogens (tertiary/aromatic N) is 2. The molecule has 4 rings (SSSR count). The summed E-state index contributed by atoms with van der Waals surface area (Å²) in [5, 5.41) is 5.59. The Hall–Kier alpha value is -3.46. The SMILES string of the molecule is Cc1ccccc1-n1ccnc1SCC(=O)NC(=O)Nc1ccc2c(c1)OCO2. The summed E-state index contributed by atoms with van der Waals surface area (Å²) in [6.45, 7) is 2.16. The number of aryl methyl sites for hydroxylation is 1. The zero-order valence-corrected chi connectivity index (χ0v) is 16.4. The zero-order chi connectivity index (χ0) is 20.2. The van der Waals surface area contributed by atoms with Gasteiger partial charge < -0.3 is 14.8 Å². The fraction of sp³-hybridized carbons (Fsp3) is 0.150. The van der Waals surface area contributed by atoms with Gasteiger partial charge in [-0.15, -0.1) is 0 Å². The molecule has 3 amide bonds. The van der Waals surface area contributed by atoms with Gasteiger partial charge in [-0.05, 0) is 30.7 Å². The number of anilines is 1. The van der Waals surface area contributed by atoms with Crippen molar-refractivity contribution in [3.05, 3.63) is 60.4 Å². The molecule has 0 bridgehead atoms. The van der Waals surface area contributed by atoms with Crippen molar-refractivity contribution < 1.29 is 19.1 Å². The highest BCUT2D eigenvalue weighted by Gasteiger charge is 2.16. The first-order valence-electron chi connectivity index (χ1n) is 8.83. The molecule has 29 heavy (non-hydrogen) atoms. The normalized spacial score (nSPS) is 11.9. The number of hydrogen-bond acceptors (Lipinski definition) is 6. The average Bonchev–Trinajstić information content (AvgIpc) is 3.35. The average molecular weight is 410 g/mol. The molecule has 8 nitrogen and oxygen atoms in total. The maximum Gasteiger partial charge on any atom is 0.325 e. The highest BCUT2D eigenvalue weighted by Crippen LogP contribution is 2.34. The third kappa shape index (κ3) is 4.35. The second-order valence-electron chi connectivity index (χ2n) is 6.23. The molecule has 0 saturated heterocycles. The van der Waals surface area contributed by atoms with Crippen LogP contribution in [0.2, 0.25) is 0 Å². The molecule has 0 unspecified atom stereocenters. The van der Waals surface area contributed by atoms with Crippen molar-refractivity contribution in [3.8, 4) is 17.2 Å². The monoisotopic (exact) mass is 410 g/mol. The van der Waals surface area contributed by atoms with Crippen LogP contribution in [-0.2, 0) is 4.79 Å². The van der Waals surface area contributed by atoms with E-state index in [2.05, 4.69) is 15.6 Å². The topological polar surface area (TPSA) is 94.5 Å². The van der Waals surface area contributed by atoms with Crippen molar-refractivity contribution in [1.29, 1.82) is 0 Å². The van der Waals surface area contributed by atoms with Gasteiger partial charge in [0, 0.05) is 24.1 Å². The van der Waals surface area contributed by atoms with Crippen molar-refractivity contribution in [2.24, 2.45) is 0 Å². The summed E-state index contributed by atoms with van der Waals surface area (Å²) in [5.41, 5.74) is 2.59. The molecule has 0 aliphatic carbocycles. The minimum atomic E-state index is -0.614. The maximum absolute atomic E-state index is 12.2. The lowest BCUT2D eigenvalue weighted by atomic mass is 10.2. The van der Waals surface area contributed by atoms with Crippen LogP contribution < -0.4 is 20.1 Å². The molecule has 9 heteroatoms. The van der Waals surface area contributed by atoms with Gasteiger partial charge >= 0.3 is 6.03 Å². The van der Waals surface area contributed by atoms with Crippen molar-refractivity contribution in [3.63, 3.8) is 0 Å². The third-order valence-electron chi connectivity index (χ3n) is 4.20. The van der Waals surface area contributed by atoms with Crippen molar-refractivity contribution in [2.45, 2.75) is 12.1 Å². The Balaban J connectivity index is 1.32. The fourth-order valence-electron chi connectivity index (χ4n) is 2.84. The van der Waals surface area contributed by atoms with Gasteiger partial charge in [0.25, 0.3) is 0 Å². The molecule has 0 fully saturated rings. The van der Waals surface area contributed by atoms with Gasteiger partial charge in [0.1, 0.15) is 0 Å². The third-order valence-corrected chi connectivity index (χ3v) is 5.16. The molecule has 0 atom stereocenters. The van der Waals surface area contributed by atoms with Gasteiger partial charge in [-0.1, -0.05) is 30.0 Å². The summed E-state index contributed by atoms with van der Waals surface area (Å²) in [5.74, 6) is 0.796. The second-order valence-corrected chi connectivity index (χ2v) is 7.17. The van der Waals surface area contributed by atoms with Gasteiger partial charge in [0.15, 0.2) is 16.7 Å². The van der Waals surface area contributed by atoms with Crippen LogP contribution in [0, 0.1) is 6.92 Å². The Morgan fingerprint density at radius 3 is 2.86 bits per heavy atom. The van der Waals surface area contributed by atoms with Crippen LogP contribution in [0.15, 0.2) is 60.0 Å². The number of imide groups is 1. The first-order valence-corrected chi connectivity index (χ1v) is 9.81. The molecule has 2 heterocycles. The number of carbonyl (C=O) groups excluding carboxylic acids is 2. The molecule has 2 N–H and O–H groups in total. The molecule has 1 aliphatic heterocycles. The molecule has 148 valence electrons. The van der Waals surface area contributed by atoms with E-state index in [-0.39, 0.29) is 12.5 Å². The summed E-state index contributed by atoms with van der Waals surface area (Å²) >= 11 is 1.25. The number of imidazole rings is 1. The molecular weight excluding hydrogens is 392 g/mol. The van der Waals surface area contributed by atoms with Gasteiger partial charge in [0.2, 0.25) is 12.7 Å². The minimum absolute atomic E-state index is 0.0530. The Morgan fingerprint density at radius 1 is 1.17 bits per heavy atom. The lowest BCUT2D eigenvalue weighted by molar-refractivity contribution is -0.117. The van der Waals surface area contributed by atoms with Crippen LogP contribution in [0.1, 0.15) is 5.56 Å². The number of amides is 3. The number of hydrogen-bond donors (Lipinski definition) is 2. The van der Waals surface area contributed by atoms with Crippen molar-refractivity contribution >= 4 is 29.4 Å². The maximum atomic E-state index is 12.2. The number of fused-ring (bicyclic) bond motifs is 1.